The Morgan fingerprint density at radius 3 is 1.68 bits per heavy atom. The number of furan rings is 1. The molecule has 10 rings (SSSR count). The predicted octanol–water partition coefficient (Wildman–Crippen LogP) is 11.3. The quantitative estimate of drug-likeness (QED) is 0.187. The first-order valence-electron chi connectivity index (χ1n) is 16.9. The maximum absolute atomic E-state index is 6.64. The van der Waals surface area contributed by atoms with Crippen LogP contribution in [-0.2, 0) is 0 Å². The van der Waals surface area contributed by atoms with Gasteiger partial charge in [0.05, 0.1) is 0 Å². The maximum Gasteiger partial charge on any atom is 0.234 e. The van der Waals surface area contributed by atoms with E-state index in [-0.39, 0.29) is 12.0 Å². The molecule has 0 saturated heterocycles. The van der Waals surface area contributed by atoms with Gasteiger partial charge in [-0.2, -0.15) is 9.97 Å². The van der Waals surface area contributed by atoms with Gasteiger partial charge in [0.2, 0.25) is 5.95 Å². The first-order valence-corrected chi connectivity index (χ1v) is 16.9. The van der Waals surface area contributed by atoms with Crippen LogP contribution in [0.1, 0.15) is 28.8 Å². The molecule has 2 aliphatic rings. The van der Waals surface area contributed by atoms with Crippen LogP contribution in [0.25, 0.3) is 62.1 Å². The molecular formula is C45H30N4O. The summed E-state index contributed by atoms with van der Waals surface area (Å²) in [5.74, 6) is 2.87. The van der Waals surface area contributed by atoms with Crippen molar-refractivity contribution >= 4 is 28.7 Å². The fraction of sp³-hybridized carbons (Fsp3) is 0.0444. The molecule has 2 aromatic heterocycles. The normalized spacial score (nSPS) is 15.9. The number of nitrogens with zero attached hydrogens (tertiary/aromatic N) is 4. The second-order valence-electron chi connectivity index (χ2n) is 12.8. The molecule has 0 radical (unpaired) electrons. The van der Waals surface area contributed by atoms with Gasteiger partial charge in [-0.1, -0.05) is 158 Å². The predicted molar refractivity (Wildman–Crippen MR) is 201 cm³/mol. The molecule has 50 heavy (non-hydrogen) atoms. The van der Waals surface area contributed by atoms with E-state index in [9.17, 15) is 0 Å². The molecule has 5 heteroatoms. The smallest absolute Gasteiger partial charge is 0.234 e. The highest BCUT2D eigenvalue weighted by atomic mass is 16.3. The fourth-order valence-corrected chi connectivity index (χ4v) is 7.48. The number of hydrogen-bond donors (Lipinski definition) is 0. The van der Waals surface area contributed by atoms with Gasteiger partial charge >= 0.3 is 0 Å². The lowest BCUT2D eigenvalue weighted by molar-refractivity contribution is 0.476. The summed E-state index contributed by atoms with van der Waals surface area (Å²) in [7, 11) is 0. The Morgan fingerprint density at radius 2 is 1.00 bits per heavy atom. The Labute approximate surface area is 289 Å². The van der Waals surface area contributed by atoms with Gasteiger partial charge in [-0.05, 0) is 39.9 Å². The lowest BCUT2D eigenvalue weighted by Gasteiger charge is -2.29. The molecule has 5 nitrogen and oxygen atoms in total. The van der Waals surface area contributed by atoms with Crippen molar-refractivity contribution in [2.24, 2.45) is 0 Å². The van der Waals surface area contributed by atoms with E-state index in [1.807, 2.05) is 48.5 Å². The van der Waals surface area contributed by atoms with Crippen LogP contribution in [0.15, 0.2) is 168 Å². The average molecular weight is 643 g/mol. The Bertz CT molecular complexity index is 2540. The largest absolute Gasteiger partial charge is 0.458 e. The first-order chi connectivity index (χ1) is 24.8. The number of fused-ring (bicyclic) bond motifs is 7. The van der Waals surface area contributed by atoms with E-state index in [0.717, 1.165) is 50.2 Å². The summed E-state index contributed by atoms with van der Waals surface area (Å²) in [6.07, 6.45) is 4.52. The van der Waals surface area contributed by atoms with Crippen LogP contribution >= 0.6 is 0 Å². The van der Waals surface area contributed by atoms with Crippen molar-refractivity contribution in [1.29, 1.82) is 0 Å². The molecule has 0 N–H and O–H groups in total. The lowest BCUT2D eigenvalue weighted by atomic mass is 9.86. The van der Waals surface area contributed by atoms with Gasteiger partial charge in [-0.25, -0.2) is 4.98 Å². The number of aromatic nitrogens is 3. The Hall–Kier alpha value is -6.59. The second-order valence-corrected chi connectivity index (χ2v) is 12.8. The summed E-state index contributed by atoms with van der Waals surface area (Å²) in [5, 5.41) is 1.12. The number of hydrogen-bond acceptors (Lipinski definition) is 5. The molecule has 236 valence electrons. The number of para-hydroxylation sites is 2. The SMILES string of the molecule is C1=CC2c3ccccc3N(c3nc(-c4ccccc4)nc(-c4ccc(-c5ccc(-c6ccccc6)cc5)cc4)n3)C2c2oc3ccccc3c21. The molecule has 1 aliphatic heterocycles. The van der Waals surface area contributed by atoms with Crippen molar-refractivity contribution in [1.82, 2.24) is 15.0 Å². The van der Waals surface area contributed by atoms with Gasteiger partial charge in [-0.3, -0.25) is 4.90 Å². The topological polar surface area (TPSA) is 55.1 Å². The van der Waals surface area contributed by atoms with Crippen molar-refractivity contribution in [3.8, 4) is 45.0 Å². The van der Waals surface area contributed by atoms with Crippen LogP contribution in [-0.4, -0.2) is 15.0 Å². The molecule has 0 amide bonds. The third-order valence-electron chi connectivity index (χ3n) is 9.91. The molecule has 3 heterocycles. The van der Waals surface area contributed by atoms with E-state index in [0.29, 0.717) is 17.6 Å². The van der Waals surface area contributed by atoms with Crippen LogP contribution in [0.2, 0.25) is 0 Å². The highest BCUT2D eigenvalue weighted by Gasteiger charge is 2.45. The van der Waals surface area contributed by atoms with Crippen molar-refractivity contribution in [3.63, 3.8) is 0 Å². The lowest BCUT2D eigenvalue weighted by Crippen LogP contribution is -2.25. The summed E-state index contributed by atoms with van der Waals surface area (Å²) < 4.78 is 6.64. The van der Waals surface area contributed by atoms with Crippen molar-refractivity contribution < 1.29 is 4.42 Å². The number of benzene rings is 6. The molecule has 2 atom stereocenters. The van der Waals surface area contributed by atoms with E-state index in [2.05, 4.69) is 126 Å². The molecule has 6 aromatic carbocycles. The van der Waals surface area contributed by atoms with Gasteiger partial charge in [0.15, 0.2) is 11.6 Å². The first kappa shape index (κ1) is 28.4. The molecule has 1 aliphatic carbocycles. The van der Waals surface area contributed by atoms with Crippen LogP contribution < -0.4 is 4.90 Å². The van der Waals surface area contributed by atoms with Gasteiger partial charge < -0.3 is 4.42 Å². The molecular weight excluding hydrogens is 613 g/mol. The number of rotatable bonds is 5. The monoisotopic (exact) mass is 642 g/mol. The zero-order valence-corrected chi connectivity index (χ0v) is 27.0. The average Bonchev–Trinajstić information content (AvgIpc) is 3.75. The van der Waals surface area contributed by atoms with Crippen LogP contribution in [0, 0.1) is 0 Å². The van der Waals surface area contributed by atoms with E-state index in [1.54, 1.807) is 0 Å². The van der Waals surface area contributed by atoms with E-state index >= 15 is 0 Å². The zero-order valence-electron chi connectivity index (χ0n) is 27.0. The van der Waals surface area contributed by atoms with Crippen molar-refractivity contribution in [3.05, 3.63) is 181 Å². The number of anilines is 2. The Balaban J connectivity index is 1.08. The van der Waals surface area contributed by atoms with Gasteiger partial charge in [0.1, 0.15) is 17.4 Å². The van der Waals surface area contributed by atoms with Crippen LogP contribution in [0.3, 0.4) is 0 Å². The molecule has 2 unspecified atom stereocenters. The van der Waals surface area contributed by atoms with Gasteiger partial charge in [-0.15, -0.1) is 0 Å². The summed E-state index contributed by atoms with van der Waals surface area (Å²) in [6, 6.07) is 54.5. The minimum Gasteiger partial charge on any atom is -0.458 e. The molecule has 0 spiro atoms. The molecule has 0 fully saturated rings. The highest BCUT2D eigenvalue weighted by Crippen LogP contribution is 2.56. The Kier molecular flexibility index (Phi) is 6.56. The minimum absolute atomic E-state index is 0.0900. The van der Waals surface area contributed by atoms with Gasteiger partial charge in [0.25, 0.3) is 0 Å². The highest BCUT2D eigenvalue weighted by molar-refractivity contribution is 5.91. The van der Waals surface area contributed by atoms with Gasteiger partial charge in [0, 0.05) is 33.7 Å². The molecule has 8 aromatic rings. The molecule has 0 saturated carbocycles. The van der Waals surface area contributed by atoms with Crippen LogP contribution in [0.4, 0.5) is 11.6 Å². The minimum atomic E-state index is -0.139. The van der Waals surface area contributed by atoms with Crippen LogP contribution in [0.5, 0.6) is 0 Å². The fourth-order valence-electron chi connectivity index (χ4n) is 7.48. The van der Waals surface area contributed by atoms with E-state index in [4.69, 9.17) is 19.4 Å². The second kappa shape index (κ2) is 11.5. The maximum atomic E-state index is 6.64. The summed E-state index contributed by atoms with van der Waals surface area (Å²) in [5.41, 5.74) is 10.9. The third kappa shape index (κ3) is 4.66. The third-order valence-corrected chi connectivity index (χ3v) is 9.91. The Morgan fingerprint density at radius 1 is 0.480 bits per heavy atom. The summed E-state index contributed by atoms with van der Waals surface area (Å²) >= 11 is 0. The summed E-state index contributed by atoms with van der Waals surface area (Å²) in [4.78, 5) is 17.7. The molecule has 0 bridgehead atoms. The summed E-state index contributed by atoms with van der Waals surface area (Å²) in [6.45, 7) is 0. The van der Waals surface area contributed by atoms with Crippen molar-refractivity contribution in [2.75, 3.05) is 4.90 Å². The standard InChI is InChI=1S/C45H30N4O/c1-3-11-29(12-4-1)30-19-21-31(22-20-30)32-23-25-34(26-24-32)44-46-43(33-13-5-2-6-14-33)47-45(48-44)49-39-17-9-7-15-35(39)37-27-28-38-36-16-8-10-18-40(36)50-42(38)41(37)49/h1-28,37,41H. The zero-order chi connectivity index (χ0) is 33.0. The van der Waals surface area contributed by atoms with E-state index in [1.165, 1.54) is 16.7 Å². The van der Waals surface area contributed by atoms with Crippen molar-refractivity contribution in [2.45, 2.75) is 12.0 Å². The van der Waals surface area contributed by atoms with E-state index < -0.39 is 0 Å².